The molecule has 2 aliphatic rings. The zero-order valence-electron chi connectivity index (χ0n) is 23.1. The average molecular weight is 471 g/mol. The van der Waals surface area contributed by atoms with Crippen molar-refractivity contribution in [3.63, 3.8) is 0 Å². The van der Waals surface area contributed by atoms with E-state index in [1.54, 1.807) is 0 Å². The highest BCUT2D eigenvalue weighted by molar-refractivity contribution is 5.85. The summed E-state index contributed by atoms with van der Waals surface area (Å²) >= 11 is 0. The SMILES string of the molecule is CC.Cc1ccc2c(c1)C(C)(C)c1cc(C=Cc3ccc4c(c3)C(C)(C)c3cc(C)ccc3-4)ccc1-2. The van der Waals surface area contributed by atoms with E-state index in [2.05, 4.69) is 126 Å². The van der Waals surface area contributed by atoms with Crippen LogP contribution in [0.3, 0.4) is 0 Å². The average Bonchev–Trinajstić information content (AvgIpc) is 3.22. The second-order valence-electron chi connectivity index (χ2n) is 11.3. The van der Waals surface area contributed by atoms with Crippen LogP contribution in [0.2, 0.25) is 0 Å². The minimum Gasteiger partial charge on any atom is -0.0683 e. The fourth-order valence-corrected chi connectivity index (χ4v) is 6.14. The smallest absolute Gasteiger partial charge is 0.0159 e. The molecule has 0 spiro atoms. The minimum atomic E-state index is 0.0298. The Morgan fingerprint density at radius 2 is 0.750 bits per heavy atom. The van der Waals surface area contributed by atoms with Gasteiger partial charge in [-0.2, -0.15) is 0 Å². The van der Waals surface area contributed by atoms with Gasteiger partial charge in [-0.25, -0.2) is 0 Å². The molecule has 0 nitrogen and oxygen atoms in total. The maximum absolute atomic E-state index is 2.39. The first-order chi connectivity index (χ1) is 17.2. The summed E-state index contributed by atoms with van der Waals surface area (Å²) in [6.45, 7) is 17.8. The molecule has 2 aliphatic carbocycles. The van der Waals surface area contributed by atoms with Gasteiger partial charge in [-0.1, -0.05) is 138 Å². The molecule has 0 saturated carbocycles. The number of hydrogen-bond acceptors (Lipinski definition) is 0. The number of hydrogen-bond donors (Lipinski definition) is 0. The highest BCUT2D eigenvalue weighted by Crippen LogP contribution is 2.50. The summed E-state index contributed by atoms with van der Waals surface area (Å²) in [5, 5.41) is 0. The van der Waals surface area contributed by atoms with E-state index < -0.39 is 0 Å². The Balaban J connectivity index is 0.00000130. The van der Waals surface area contributed by atoms with E-state index in [0.29, 0.717) is 0 Å². The van der Waals surface area contributed by atoms with Crippen LogP contribution in [0.25, 0.3) is 34.4 Å². The largest absolute Gasteiger partial charge is 0.0683 e. The van der Waals surface area contributed by atoms with Gasteiger partial charge in [0, 0.05) is 10.8 Å². The normalized spacial score (nSPS) is 15.6. The van der Waals surface area contributed by atoms with E-state index in [1.165, 1.54) is 66.8 Å². The molecule has 0 heteroatoms. The Labute approximate surface area is 217 Å². The lowest BCUT2D eigenvalue weighted by Gasteiger charge is -2.22. The second-order valence-corrected chi connectivity index (χ2v) is 11.3. The summed E-state index contributed by atoms with van der Waals surface area (Å²) in [6.07, 6.45) is 4.54. The van der Waals surface area contributed by atoms with Gasteiger partial charge in [-0.05, 0) is 69.5 Å². The topological polar surface area (TPSA) is 0 Å². The summed E-state index contributed by atoms with van der Waals surface area (Å²) in [4.78, 5) is 0. The molecule has 4 aromatic rings. The molecule has 0 bridgehead atoms. The highest BCUT2D eigenvalue weighted by atomic mass is 14.4. The van der Waals surface area contributed by atoms with Crippen molar-refractivity contribution in [3.05, 3.63) is 117 Å². The maximum Gasteiger partial charge on any atom is 0.0159 e. The summed E-state index contributed by atoms with van der Waals surface area (Å²) in [7, 11) is 0. The van der Waals surface area contributed by atoms with Gasteiger partial charge < -0.3 is 0 Å². The quantitative estimate of drug-likeness (QED) is 0.256. The molecule has 0 N–H and O–H groups in total. The van der Waals surface area contributed by atoms with E-state index in [9.17, 15) is 0 Å². The monoisotopic (exact) mass is 470 g/mol. The Bertz CT molecular complexity index is 1390. The number of fused-ring (bicyclic) bond motifs is 6. The molecular weight excluding hydrogens is 432 g/mol. The number of rotatable bonds is 2. The first-order valence-electron chi connectivity index (χ1n) is 13.4. The van der Waals surface area contributed by atoms with Crippen LogP contribution in [0.4, 0.5) is 0 Å². The van der Waals surface area contributed by atoms with E-state index >= 15 is 0 Å². The number of aryl methyl sites for hydroxylation is 2. The molecular formula is C36H38. The van der Waals surface area contributed by atoms with Crippen molar-refractivity contribution in [1.29, 1.82) is 0 Å². The first-order valence-corrected chi connectivity index (χ1v) is 13.4. The molecule has 0 heterocycles. The standard InChI is InChI=1S/C34H32.C2H6/c1-21-7-13-25-27-15-11-23(19-31(27)33(3,4)29(25)17-21)9-10-24-12-16-28-26-14-8-22(2)18-30(26)34(5,6)32(28)20-24;1-2/h7-20H,1-6H3;1-2H3. The second kappa shape index (κ2) is 8.63. The third kappa shape index (κ3) is 3.66. The van der Waals surface area contributed by atoms with E-state index in [1.807, 2.05) is 13.8 Å². The van der Waals surface area contributed by atoms with E-state index in [-0.39, 0.29) is 10.8 Å². The van der Waals surface area contributed by atoms with Crippen molar-refractivity contribution < 1.29 is 0 Å². The van der Waals surface area contributed by atoms with Crippen LogP contribution in [0.1, 0.15) is 86.1 Å². The molecule has 6 rings (SSSR count). The molecule has 0 aromatic heterocycles. The Morgan fingerprint density at radius 1 is 0.444 bits per heavy atom. The van der Waals surface area contributed by atoms with Crippen molar-refractivity contribution >= 4 is 12.2 Å². The summed E-state index contributed by atoms with van der Waals surface area (Å²) < 4.78 is 0. The van der Waals surface area contributed by atoms with Gasteiger partial charge in [-0.15, -0.1) is 0 Å². The van der Waals surface area contributed by atoms with Crippen LogP contribution in [0.5, 0.6) is 0 Å². The Hall–Kier alpha value is -3.38. The van der Waals surface area contributed by atoms with Gasteiger partial charge in [0.2, 0.25) is 0 Å². The van der Waals surface area contributed by atoms with Gasteiger partial charge >= 0.3 is 0 Å². The fraction of sp³-hybridized carbons (Fsp3) is 0.278. The van der Waals surface area contributed by atoms with Crippen molar-refractivity contribution in [2.24, 2.45) is 0 Å². The van der Waals surface area contributed by atoms with E-state index in [4.69, 9.17) is 0 Å². The fourth-order valence-electron chi connectivity index (χ4n) is 6.14. The van der Waals surface area contributed by atoms with Crippen LogP contribution in [-0.2, 0) is 10.8 Å². The molecule has 0 atom stereocenters. The Kier molecular flexibility index (Phi) is 5.83. The van der Waals surface area contributed by atoms with Crippen LogP contribution in [-0.4, -0.2) is 0 Å². The number of benzene rings is 4. The van der Waals surface area contributed by atoms with Crippen molar-refractivity contribution in [2.75, 3.05) is 0 Å². The molecule has 0 amide bonds. The summed E-state index contributed by atoms with van der Waals surface area (Å²) in [5.41, 5.74) is 16.5. The molecule has 0 unspecified atom stereocenters. The van der Waals surface area contributed by atoms with Crippen LogP contribution in [0, 0.1) is 13.8 Å². The highest BCUT2D eigenvalue weighted by Gasteiger charge is 2.36. The molecule has 182 valence electrons. The van der Waals surface area contributed by atoms with Gasteiger partial charge in [-0.3, -0.25) is 0 Å². The molecule has 0 aliphatic heterocycles. The lowest BCUT2D eigenvalue weighted by molar-refractivity contribution is 0.659. The van der Waals surface area contributed by atoms with Crippen LogP contribution < -0.4 is 0 Å². The van der Waals surface area contributed by atoms with Crippen LogP contribution in [0.15, 0.2) is 72.8 Å². The summed E-state index contributed by atoms with van der Waals surface area (Å²) in [6, 6.07) is 27.7. The third-order valence-corrected chi connectivity index (χ3v) is 8.18. The molecule has 0 radical (unpaired) electrons. The predicted molar refractivity (Wildman–Crippen MR) is 158 cm³/mol. The zero-order chi connectivity index (χ0) is 25.8. The maximum atomic E-state index is 2.39. The molecule has 0 fully saturated rings. The summed E-state index contributed by atoms with van der Waals surface area (Å²) in [5.74, 6) is 0. The van der Waals surface area contributed by atoms with E-state index in [0.717, 1.165) is 0 Å². The van der Waals surface area contributed by atoms with Crippen molar-refractivity contribution in [3.8, 4) is 22.3 Å². The van der Waals surface area contributed by atoms with Crippen molar-refractivity contribution in [2.45, 2.75) is 66.2 Å². The third-order valence-electron chi connectivity index (χ3n) is 8.18. The predicted octanol–water partition coefficient (Wildman–Crippen LogP) is 10.1. The van der Waals surface area contributed by atoms with Crippen LogP contribution >= 0.6 is 0 Å². The molecule has 4 aromatic carbocycles. The molecule has 36 heavy (non-hydrogen) atoms. The lowest BCUT2D eigenvalue weighted by Crippen LogP contribution is -2.15. The molecule has 0 saturated heterocycles. The van der Waals surface area contributed by atoms with Gasteiger partial charge in [0.1, 0.15) is 0 Å². The minimum absolute atomic E-state index is 0.0298. The first kappa shape index (κ1) is 24.3. The van der Waals surface area contributed by atoms with Gasteiger partial charge in [0.25, 0.3) is 0 Å². The van der Waals surface area contributed by atoms with Crippen molar-refractivity contribution in [1.82, 2.24) is 0 Å². The lowest BCUT2D eigenvalue weighted by atomic mass is 9.81. The zero-order valence-corrected chi connectivity index (χ0v) is 23.1. The Morgan fingerprint density at radius 3 is 1.11 bits per heavy atom. The van der Waals surface area contributed by atoms with Gasteiger partial charge in [0.15, 0.2) is 0 Å². The van der Waals surface area contributed by atoms with Gasteiger partial charge in [0.05, 0.1) is 0 Å².